The topological polar surface area (TPSA) is 78.9 Å². The van der Waals surface area contributed by atoms with Gasteiger partial charge in [0.15, 0.2) is 6.10 Å². The Morgan fingerprint density at radius 3 is 0.768 bits per heavy atom. The smallest absolute Gasteiger partial charge is 0.306 e. The van der Waals surface area contributed by atoms with Crippen LogP contribution >= 0.6 is 0 Å². The van der Waals surface area contributed by atoms with Gasteiger partial charge in [0.25, 0.3) is 0 Å². The quantitative estimate of drug-likeness (QED) is 0.0261. The number of rotatable bonds is 62. The lowest BCUT2D eigenvalue weighted by Gasteiger charge is -2.18. The summed E-state index contributed by atoms with van der Waals surface area (Å²) in [5.41, 5.74) is 0. The van der Waals surface area contributed by atoms with Crippen LogP contribution in [0, 0.1) is 0 Å². The van der Waals surface area contributed by atoms with Crippen molar-refractivity contribution in [2.45, 2.75) is 329 Å². The Hall–Kier alpha value is -4.19. The Bertz CT molecular complexity index is 1690. The van der Waals surface area contributed by atoms with Gasteiger partial charge in [-0.05, 0) is 116 Å². The first-order chi connectivity index (χ1) is 40.5. The molecule has 0 N–H and O–H groups in total. The van der Waals surface area contributed by atoms with Crippen molar-refractivity contribution in [1.82, 2.24) is 0 Å². The second kappa shape index (κ2) is 69.3. The number of carbonyl (C=O) groups excluding carboxylic acids is 3. The molecule has 6 heteroatoms. The fourth-order valence-electron chi connectivity index (χ4n) is 9.55. The predicted molar refractivity (Wildman–Crippen MR) is 357 cm³/mol. The molecule has 0 fully saturated rings. The van der Waals surface area contributed by atoms with Crippen LogP contribution in [0.3, 0.4) is 0 Å². The van der Waals surface area contributed by atoms with Gasteiger partial charge >= 0.3 is 17.9 Å². The van der Waals surface area contributed by atoms with E-state index in [0.29, 0.717) is 19.3 Å². The summed E-state index contributed by atoms with van der Waals surface area (Å²) in [6.45, 7) is 6.51. The number of esters is 3. The third kappa shape index (κ3) is 66.6. The molecule has 0 spiro atoms. The molecule has 0 heterocycles. The van der Waals surface area contributed by atoms with Crippen LogP contribution in [-0.4, -0.2) is 37.2 Å². The molecule has 0 aliphatic carbocycles. The summed E-state index contributed by atoms with van der Waals surface area (Å²) in [4.78, 5) is 38.4. The summed E-state index contributed by atoms with van der Waals surface area (Å²) in [6.07, 6.45) is 96.4. The molecular formula is C76H128O6. The van der Waals surface area contributed by atoms with Gasteiger partial charge in [0.2, 0.25) is 0 Å². The summed E-state index contributed by atoms with van der Waals surface area (Å²) in [5, 5.41) is 0. The van der Waals surface area contributed by atoms with Crippen LogP contribution in [-0.2, 0) is 28.6 Å². The second-order valence-electron chi connectivity index (χ2n) is 22.7. The maximum atomic E-state index is 12.9. The van der Waals surface area contributed by atoms with Gasteiger partial charge in [0, 0.05) is 19.3 Å². The van der Waals surface area contributed by atoms with Gasteiger partial charge in [-0.25, -0.2) is 0 Å². The first kappa shape index (κ1) is 77.8. The number of hydrogen-bond acceptors (Lipinski definition) is 6. The molecule has 0 aromatic rings. The van der Waals surface area contributed by atoms with Crippen LogP contribution in [0.15, 0.2) is 122 Å². The molecule has 0 aromatic heterocycles. The molecular weight excluding hydrogens is 1010 g/mol. The Morgan fingerprint density at radius 2 is 0.476 bits per heavy atom. The summed E-state index contributed by atoms with van der Waals surface area (Å²) in [6, 6.07) is 0. The molecule has 1 atom stereocenters. The Labute approximate surface area is 507 Å². The van der Waals surface area contributed by atoms with Crippen molar-refractivity contribution in [3.05, 3.63) is 122 Å². The minimum Gasteiger partial charge on any atom is -0.462 e. The lowest BCUT2D eigenvalue weighted by Crippen LogP contribution is -2.30. The van der Waals surface area contributed by atoms with Crippen molar-refractivity contribution in [3.8, 4) is 0 Å². The van der Waals surface area contributed by atoms with Gasteiger partial charge in [-0.15, -0.1) is 0 Å². The zero-order valence-electron chi connectivity index (χ0n) is 53.7. The van der Waals surface area contributed by atoms with Crippen molar-refractivity contribution >= 4 is 17.9 Å². The van der Waals surface area contributed by atoms with Crippen LogP contribution in [0.4, 0.5) is 0 Å². The average Bonchev–Trinajstić information content (AvgIpc) is 3.47. The summed E-state index contributed by atoms with van der Waals surface area (Å²) < 4.78 is 16.9. The molecule has 0 radical (unpaired) electrons. The Morgan fingerprint density at radius 1 is 0.256 bits per heavy atom. The minimum atomic E-state index is -0.793. The van der Waals surface area contributed by atoms with Gasteiger partial charge in [0.1, 0.15) is 13.2 Å². The largest absolute Gasteiger partial charge is 0.462 e. The number of unbranched alkanes of at least 4 members (excludes halogenated alkanes) is 31. The van der Waals surface area contributed by atoms with E-state index in [-0.39, 0.29) is 31.1 Å². The molecule has 0 aliphatic rings. The maximum Gasteiger partial charge on any atom is 0.306 e. The van der Waals surface area contributed by atoms with Gasteiger partial charge in [0.05, 0.1) is 0 Å². The highest BCUT2D eigenvalue weighted by atomic mass is 16.6. The third-order valence-corrected chi connectivity index (χ3v) is 14.7. The molecule has 0 rings (SSSR count). The zero-order valence-corrected chi connectivity index (χ0v) is 53.7. The number of carbonyl (C=O) groups is 3. The number of allylic oxidation sites excluding steroid dienone is 20. The molecule has 82 heavy (non-hydrogen) atoms. The molecule has 6 nitrogen and oxygen atoms in total. The average molecular weight is 1140 g/mol. The SMILES string of the molecule is CC/C=C\C/C=C\C/C=C\C/C=C\C/C=C\C/C=C\C/C=C\C/C=C\CCCCCCCCC(=O)OCC(COC(=O)CCCCCCC/C=C\C/C=C\CCCCC)OC(=O)CCCCCCCCCCCCCCCCCCCC. The van der Waals surface area contributed by atoms with Crippen molar-refractivity contribution < 1.29 is 28.6 Å². The number of hydrogen-bond donors (Lipinski definition) is 0. The second-order valence-corrected chi connectivity index (χ2v) is 22.7. The molecule has 0 saturated carbocycles. The van der Waals surface area contributed by atoms with Crippen molar-refractivity contribution in [2.24, 2.45) is 0 Å². The third-order valence-electron chi connectivity index (χ3n) is 14.7. The van der Waals surface area contributed by atoms with Crippen LogP contribution in [0.2, 0.25) is 0 Å². The lowest BCUT2D eigenvalue weighted by molar-refractivity contribution is -0.167. The maximum absolute atomic E-state index is 12.9. The van der Waals surface area contributed by atoms with E-state index >= 15 is 0 Å². The van der Waals surface area contributed by atoms with Crippen LogP contribution in [0.25, 0.3) is 0 Å². The fraction of sp³-hybridized carbons (Fsp3) is 0.697. The normalized spacial score (nSPS) is 12.9. The van der Waals surface area contributed by atoms with Gasteiger partial charge in [-0.1, -0.05) is 309 Å². The van der Waals surface area contributed by atoms with Crippen molar-refractivity contribution in [3.63, 3.8) is 0 Å². The first-order valence-corrected chi connectivity index (χ1v) is 34.5. The van der Waals surface area contributed by atoms with Crippen LogP contribution < -0.4 is 0 Å². The Balaban J connectivity index is 4.36. The molecule has 0 aliphatic heterocycles. The summed E-state index contributed by atoms with van der Waals surface area (Å²) in [5.74, 6) is -0.905. The van der Waals surface area contributed by atoms with E-state index in [9.17, 15) is 14.4 Å². The minimum absolute atomic E-state index is 0.0891. The molecule has 0 saturated heterocycles. The molecule has 0 aromatic carbocycles. The van der Waals surface area contributed by atoms with E-state index in [2.05, 4.69) is 142 Å². The highest BCUT2D eigenvalue weighted by Gasteiger charge is 2.19. The van der Waals surface area contributed by atoms with E-state index < -0.39 is 6.10 Å². The highest BCUT2D eigenvalue weighted by Crippen LogP contribution is 2.17. The molecule has 468 valence electrons. The van der Waals surface area contributed by atoms with Crippen molar-refractivity contribution in [1.29, 1.82) is 0 Å². The van der Waals surface area contributed by atoms with E-state index in [4.69, 9.17) is 14.2 Å². The lowest BCUT2D eigenvalue weighted by atomic mass is 10.0. The molecule has 0 amide bonds. The van der Waals surface area contributed by atoms with Crippen LogP contribution in [0.5, 0.6) is 0 Å². The van der Waals surface area contributed by atoms with Gasteiger partial charge in [-0.3, -0.25) is 14.4 Å². The van der Waals surface area contributed by atoms with Gasteiger partial charge in [-0.2, -0.15) is 0 Å². The first-order valence-electron chi connectivity index (χ1n) is 34.5. The summed E-state index contributed by atoms with van der Waals surface area (Å²) in [7, 11) is 0. The van der Waals surface area contributed by atoms with E-state index in [1.54, 1.807) is 0 Å². The summed E-state index contributed by atoms with van der Waals surface area (Å²) >= 11 is 0. The van der Waals surface area contributed by atoms with E-state index in [1.807, 2.05) is 0 Å². The molecule has 1 unspecified atom stereocenters. The van der Waals surface area contributed by atoms with Gasteiger partial charge < -0.3 is 14.2 Å². The highest BCUT2D eigenvalue weighted by molar-refractivity contribution is 5.71. The van der Waals surface area contributed by atoms with Crippen molar-refractivity contribution in [2.75, 3.05) is 13.2 Å². The fourth-order valence-corrected chi connectivity index (χ4v) is 9.55. The monoisotopic (exact) mass is 1140 g/mol. The number of ether oxygens (including phenoxy) is 3. The Kier molecular flexibility index (Phi) is 65.8. The van der Waals surface area contributed by atoms with Crippen LogP contribution in [0.1, 0.15) is 323 Å². The zero-order chi connectivity index (χ0) is 59.2. The van der Waals surface area contributed by atoms with E-state index in [1.165, 1.54) is 135 Å². The van der Waals surface area contributed by atoms with E-state index in [0.717, 1.165) is 148 Å². The predicted octanol–water partition coefficient (Wildman–Crippen LogP) is 23.9. The standard InChI is InChI=1S/C76H128O6/c1-4-7-10-13-16-19-22-25-28-30-32-33-34-35-36-37-38-39-40-41-42-43-44-46-48-51-54-57-60-63-66-69-75(78)81-72-73(71-80-74(77)68-65-62-59-56-53-50-47-27-24-21-18-15-12-9-6-3)82-76(79)70-67-64-61-58-55-52-49-45-31-29-26-23-20-17-14-11-8-5-2/h7,10,16,18-19,21,25,27-28,32-33,35-36,38-39,41-42,44,46-47,73H,4-6,8-9,11-15,17,20,22-24,26,29-31,34,37,40,43,45,48-72H2,1-3H3/b10-7-,19-16-,21-18-,28-25-,33-32-,36-35-,39-38-,42-41-,46-44-,47-27-. The molecule has 0 bridgehead atoms.